The van der Waals surface area contributed by atoms with Gasteiger partial charge in [-0.25, -0.2) is 4.98 Å². The van der Waals surface area contributed by atoms with E-state index in [2.05, 4.69) is 30.0 Å². The van der Waals surface area contributed by atoms with Crippen molar-refractivity contribution in [3.63, 3.8) is 0 Å². The Kier molecular flexibility index (Phi) is 7.24. The highest BCUT2D eigenvalue weighted by atomic mass is 32.1. The van der Waals surface area contributed by atoms with E-state index in [0.717, 1.165) is 49.6 Å². The molecular formula is C26H28N6O3S. The number of amides is 1. The maximum absolute atomic E-state index is 12.9. The molecule has 9 nitrogen and oxygen atoms in total. The van der Waals surface area contributed by atoms with Crippen molar-refractivity contribution in [2.45, 2.75) is 25.8 Å². The lowest BCUT2D eigenvalue weighted by molar-refractivity contribution is 0.102. The first kappa shape index (κ1) is 24.0. The molecule has 1 amide bonds. The van der Waals surface area contributed by atoms with E-state index < -0.39 is 0 Å². The van der Waals surface area contributed by atoms with Crippen molar-refractivity contribution in [1.82, 2.24) is 24.6 Å². The molecule has 0 aliphatic carbocycles. The zero-order chi connectivity index (χ0) is 24.9. The van der Waals surface area contributed by atoms with E-state index in [4.69, 9.17) is 9.47 Å². The molecule has 1 aliphatic heterocycles. The Hall–Kier alpha value is -3.76. The van der Waals surface area contributed by atoms with E-state index in [9.17, 15) is 4.79 Å². The zero-order valence-electron chi connectivity index (χ0n) is 20.3. The molecule has 5 rings (SSSR count). The lowest BCUT2D eigenvalue weighted by Gasteiger charge is -2.13. The van der Waals surface area contributed by atoms with E-state index in [-0.39, 0.29) is 5.91 Å². The highest BCUT2D eigenvalue weighted by Crippen LogP contribution is 2.30. The normalized spacial score (nSPS) is 12.5. The summed E-state index contributed by atoms with van der Waals surface area (Å²) in [5.74, 6) is 3.38. The number of nitrogens with one attached hydrogen (secondary N) is 1. The van der Waals surface area contributed by atoms with Crippen molar-refractivity contribution >= 4 is 22.4 Å². The van der Waals surface area contributed by atoms with Crippen LogP contribution in [0.1, 0.15) is 29.0 Å². The van der Waals surface area contributed by atoms with Crippen LogP contribution in [0.2, 0.25) is 0 Å². The molecule has 10 heteroatoms. The van der Waals surface area contributed by atoms with Crippen LogP contribution in [0.3, 0.4) is 0 Å². The quantitative estimate of drug-likeness (QED) is 0.312. The predicted octanol–water partition coefficient (Wildman–Crippen LogP) is 4.72. The van der Waals surface area contributed by atoms with Gasteiger partial charge in [0, 0.05) is 48.3 Å². The molecule has 3 heterocycles. The smallest absolute Gasteiger partial charge is 0.257 e. The van der Waals surface area contributed by atoms with Gasteiger partial charge in [0.1, 0.15) is 23.1 Å². The number of aromatic nitrogens is 4. The summed E-state index contributed by atoms with van der Waals surface area (Å²) in [6.07, 6.45) is 4.59. The third-order valence-electron chi connectivity index (χ3n) is 5.77. The Balaban J connectivity index is 1.33. The van der Waals surface area contributed by atoms with Gasteiger partial charge in [0.25, 0.3) is 5.91 Å². The average molecular weight is 505 g/mol. The van der Waals surface area contributed by atoms with Gasteiger partial charge in [-0.3, -0.25) is 10.1 Å². The fourth-order valence-electron chi connectivity index (χ4n) is 4.04. The number of rotatable bonds is 10. The van der Waals surface area contributed by atoms with Gasteiger partial charge in [-0.15, -0.1) is 21.5 Å². The van der Waals surface area contributed by atoms with Gasteiger partial charge in [-0.1, -0.05) is 0 Å². The van der Waals surface area contributed by atoms with Gasteiger partial charge in [0.2, 0.25) is 0 Å². The van der Waals surface area contributed by atoms with Crippen molar-refractivity contribution in [2.24, 2.45) is 0 Å². The number of hydrogen-bond acceptors (Lipinski definition) is 8. The molecule has 4 aromatic rings. The van der Waals surface area contributed by atoms with Crippen molar-refractivity contribution in [2.75, 3.05) is 32.6 Å². The molecule has 0 saturated heterocycles. The summed E-state index contributed by atoms with van der Waals surface area (Å²) in [5, 5.41) is 13.8. The van der Waals surface area contributed by atoms with E-state index >= 15 is 0 Å². The summed E-state index contributed by atoms with van der Waals surface area (Å²) < 4.78 is 14.3. The number of ether oxygens (including phenoxy) is 2. The van der Waals surface area contributed by atoms with Gasteiger partial charge in [-0.05, 0) is 63.3 Å². The van der Waals surface area contributed by atoms with Crippen molar-refractivity contribution in [1.29, 1.82) is 0 Å². The van der Waals surface area contributed by atoms with Crippen LogP contribution in [0.5, 0.6) is 17.2 Å². The number of carbonyl (C=O) groups excluding carboxylic acids is 1. The topological polar surface area (TPSA) is 94.4 Å². The number of carbonyl (C=O) groups is 1. The molecule has 0 fully saturated rings. The van der Waals surface area contributed by atoms with E-state index in [1.165, 1.54) is 11.3 Å². The summed E-state index contributed by atoms with van der Waals surface area (Å²) in [6, 6.07) is 13.0. The molecule has 186 valence electrons. The summed E-state index contributed by atoms with van der Waals surface area (Å²) in [5.41, 5.74) is 1.42. The molecule has 2 aromatic heterocycles. The standard InChI is InChI=1S/C26H28N6O3S/c1-31(2)11-4-13-34-21-15-19(25(33)28-26-27-10-14-36-26)16-22(17-21)35-20-8-6-18(7-9-20)24-30-29-23-5-3-12-32(23)24/h6-10,14-17H,3-5,11-13H2,1-2H3,(H,27,28,33). The fourth-order valence-corrected chi connectivity index (χ4v) is 4.57. The van der Waals surface area contributed by atoms with Crippen molar-refractivity contribution in [3.8, 4) is 28.6 Å². The van der Waals surface area contributed by atoms with Crippen LogP contribution in [0.25, 0.3) is 11.4 Å². The van der Waals surface area contributed by atoms with Crippen molar-refractivity contribution in [3.05, 3.63) is 65.4 Å². The Bertz CT molecular complexity index is 1320. The van der Waals surface area contributed by atoms with Crippen LogP contribution < -0.4 is 14.8 Å². The minimum atomic E-state index is -0.274. The molecule has 0 radical (unpaired) electrons. The van der Waals surface area contributed by atoms with E-state index in [1.54, 1.807) is 24.4 Å². The van der Waals surface area contributed by atoms with Crippen LogP contribution in [-0.4, -0.2) is 57.8 Å². The molecule has 36 heavy (non-hydrogen) atoms. The molecule has 0 spiro atoms. The third-order valence-corrected chi connectivity index (χ3v) is 6.46. The van der Waals surface area contributed by atoms with Gasteiger partial charge in [0.15, 0.2) is 11.0 Å². The highest BCUT2D eigenvalue weighted by molar-refractivity contribution is 7.13. The van der Waals surface area contributed by atoms with E-state index in [1.807, 2.05) is 43.7 Å². The minimum Gasteiger partial charge on any atom is -0.493 e. The van der Waals surface area contributed by atoms with Crippen LogP contribution in [0.15, 0.2) is 54.0 Å². The largest absolute Gasteiger partial charge is 0.493 e. The molecule has 1 N–H and O–H groups in total. The molecule has 1 aliphatic rings. The molecule has 0 atom stereocenters. The predicted molar refractivity (Wildman–Crippen MR) is 139 cm³/mol. The molecule has 0 bridgehead atoms. The number of fused-ring (bicyclic) bond motifs is 1. The second kappa shape index (κ2) is 10.9. The maximum Gasteiger partial charge on any atom is 0.257 e. The van der Waals surface area contributed by atoms with Crippen LogP contribution in [0, 0.1) is 0 Å². The van der Waals surface area contributed by atoms with Gasteiger partial charge >= 0.3 is 0 Å². The SMILES string of the molecule is CN(C)CCCOc1cc(Oc2ccc(-c3nnc4n3CCC4)cc2)cc(C(=O)Nc2nccs2)c1. The maximum atomic E-state index is 12.9. The van der Waals surface area contributed by atoms with E-state index in [0.29, 0.717) is 34.6 Å². The summed E-state index contributed by atoms with van der Waals surface area (Å²) in [7, 11) is 4.05. The summed E-state index contributed by atoms with van der Waals surface area (Å²) >= 11 is 1.36. The summed E-state index contributed by atoms with van der Waals surface area (Å²) in [6.45, 7) is 2.39. The highest BCUT2D eigenvalue weighted by Gasteiger charge is 2.18. The fraction of sp³-hybridized carbons (Fsp3) is 0.308. The van der Waals surface area contributed by atoms with Gasteiger partial charge < -0.3 is 18.9 Å². The monoisotopic (exact) mass is 504 g/mol. The lowest BCUT2D eigenvalue weighted by Crippen LogP contribution is -2.16. The number of benzene rings is 2. The molecule has 0 unspecified atom stereocenters. The molecular weight excluding hydrogens is 476 g/mol. The molecule has 2 aromatic carbocycles. The Morgan fingerprint density at radius 2 is 1.94 bits per heavy atom. The number of nitrogens with zero attached hydrogens (tertiary/aromatic N) is 5. The minimum absolute atomic E-state index is 0.274. The number of anilines is 1. The van der Waals surface area contributed by atoms with Crippen LogP contribution >= 0.6 is 11.3 Å². The zero-order valence-corrected chi connectivity index (χ0v) is 21.1. The Labute approximate surface area is 213 Å². The van der Waals surface area contributed by atoms with Gasteiger partial charge in [0.05, 0.1) is 6.61 Å². The first-order valence-corrected chi connectivity index (χ1v) is 12.8. The Morgan fingerprint density at radius 3 is 2.72 bits per heavy atom. The average Bonchev–Trinajstić information content (AvgIpc) is 3.62. The molecule has 0 saturated carbocycles. The van der Waals surface area contributed by atoms with Crippen LogP contribution in [-0.2, 0) is 13.0 Å². The van der Waals surface area contributed by atoms with Crippen LogP contribution in [0.4, 0.5) is 5.13 Å². The lowest BCUT2D eigenvalue weighted by atomic mass is 10.1. The summed E-state index contributed by atoms with van der Waals surface area (Å²) in [4.78, 5) is 19.1. The third kappa shape index (κ3) is 5.72. The Morgan fingerprint density at radius 1 is 1.11 bits per heavy atom. The number of aryl methyl sites for hydroxylation is 1. The number of thiazole rings is 1. The van der Waals surface area contributed by atoms with Crippen molar-refractivity contribution < 1.29 is 14.3 Å². The number of hydrogen-bond donors (Lipinski definition) is 1. The first-order chi connectivity index (χ1) is 17.5. The second-order valence-electron chi connectivity index (χ2n) is 8.81. The van der Waals surface area contributed by atoms with Gasteiger partial charge in [-0.2, -0.15) is 0 Å². The first-order valence-electron chi connectivity index (χ1n) is 11.9. The second-order valence-corrected chi connectivity index (χ2v) is 9.71.